The fourth-order valence-corrected chi connectivity index (χ4v) is 2.38. The first-order valence-corrected chi connectivity index (χ1v) is 6.71. The maximum atomic E-state index is 13.5. The number of nitrogen functional groups attached to an aromatic ring is 1. The van der Waals surface area contributed by atoms with Crippen LogP contribution in [0.4, 0.5) is 10.2 Å². The lowest BCUT2D eigenvalue weighted by Gasteiger charge is -1.99. The SMILES string of the molecule is Nc1[nH]ncc1-c1nc(CSc2ccccc2F)no1. The molecule has 0 aliphatic heterocycles. The predicted molar refractivity (Wildman–Crippen MR) is 72.3 cm³/mol. The van der Waals surface area contributed by atoms with E-state index in [1.165, 1.54) is 24.0 Å². The highest BCUT2D eigenvalue weighted by atomic mass is 32.2. The smallest absolute Gasteiger partial charge is 0.263 e. The Labute approximate surface area is 117 Å². The first-order chi connectivity index (χ1) is 9.74. The van der Waals surface area contributed by atoms with Crippen molar-refractivity contribution >= 4 is 17.6 Å². The standard InChI is InChI=1S/C12H10FN5OS/c13-8-3-1-2-4-9(8)20-6-10-16-12(19-18-10)7-5-15-17-11(7)14/h1-5H,6H2,(H3,14,15,17). The number of thioether (sulfide) groups is 1. The molecule has 2 heterocycles. The van der Waals surface area contributed by atoms with E-state index in [1.54, 1.807) is 18.2 Å². The van der Waals surface area contributed by atoms with Gasteiger partial charge >= 0.3 is 0 Å². The molecule has 20 heavy (non-hydrogen) atoms. The second-order valence-corrected chi connectivity index (χ2v) is 4.95. The lowest BCUT2D eigenvalue weighted by Crippen LogP contribution is -1.88. The topological polar surface area (TPSA) is 93.6 Å². The number of H-pyrrole nitrogens is 1. The molecule has 3 N–H and O–H groups in total. The molecular weight excluding hydrogens is 281 g/mol. The third-order valence-electron chi connectivity index (χ3n) is 2.56. The Morgan fingerprint density at radius 2 is 2.20 bits per heavy atom. The molecule has 0 fully saturated rings. The van der Waals surface area contributed by atoms with Gasteiger partial charge in [-0.2, -0.15) is 10.1 Å². The summed E-state index contributed by atoms with van der Waals surface area (Å²) in [5.41, 5.74) is 6.22. The van der Waals surface area contributed by atoms with Gasteiger partial charge in [0.25, 0.3) is 5.89 Å². The van der Waals surface area contributed by atoms with E-state index in [2.05, 4.69) is 20.3 Å². The molecule has 1 aromatic carbocycles. The normalized spacial score (nSPS) is 10.8. The molecule has 0 spiro atoms. The molecule has 0 bridgehead atoms. The summed E-state index contributed by atoms with van der Waals surface area (Å²) >= 11 is 1.30. The van der Waals surface area contributed by atoms with Crippen molar-refractivity contribution in [3.8, 4) is 11.5 Å². The summed E-state index contributed by atoms with van der Waals surface area (Å²) in [6, 6.07) is 6.54. The number of hydrogen-bond acceptors (Lipinski definition) is 6. The van der Waals surface area contributed by atoms with Crippen LogP contribution in [-0.2, 0) is 5.75 Å². The molecule has 102 valence electrons. The summed E-state index contributed by atoms with van der Waals surface area (Å²) in [7, 11) is 0. The van der Waals surface area contributed by atoms with Crippen molar-refractivity contribution in [3.63, 3.8) is 0 Å². The first-order valence-electron chi connectivity index (χ1n) is 5.73. The Kier molecular flexibility index (Phi) is 3.38. The molecular formula is C12H10FN5OS. The van der Waals surface area contributed by atoms with Crippen molar-refractivity contribution in [2.45, 2.75) is 10.6 Å². The molecule has 3 aromatic rings. The Hall–Kier alpha value is -2.35. The zero-order valence-corrected chi connectivity index (χ0v) is 11.0. The highest BCUT2D eigenvalue weighted by Gasteiger charge is 2.13. The van der Waals surface area contributed by atoms with Crippen LogP contribution in [0.5, 0.6) is 0 Å². The van der Waals surface area contributed by atoms with Crippen LogP contribution in [0.1, 0.15) is 5.82 Å². The van der Waals surface area contributed by atoms with Gasteiger partial charge in [-0.15, -0.1) is 11.8 Å². The van der Waals surface area contributed by atoms with Crippen molar-refractivity contribution < 1.29 is 8.91 Å². The predicted octanol–water partition coefficient (Wildman–Crippen LogP) is 2.47. The molecule has 2 aromatic heterocycles. The number of hydrogen-bond donors (Lipinski definition) is 2. The van der Waals surface area contributed by atoms with Gasteiger partial charge in [-0.3, -0.25) is 5.10 Å². The first kappa shape index (κ1) is 12.7. The minimum atomic E-state index is -0.264. The maximum Gasteiger partial charge on any atom is 0.263 e. The van der Waals surface area contributed by atoms with Gasteiger partial charge < -0.3 is 10.3 Å². The summed E-state index contributed by atoms with van der Waals surface area (Å²) in [6.45, 7) is 0. The molecule has 8 heteroatoms. The lowest BCUT2D eigenvalue weighted by molar-refractivity contribution is 0.425. The monoisotopic (exact) mass is 291 g/mol. The van der Waals surface area contributed by atoms with Crippen LogP contribution in [0.3, 0.4) is 0 Å². The third-order valence-corrected chi connectivity index (χ3v) is 3.61. The number of nitrogens with one attached hydrogen (secondary N) is 1. The number of aromatic amines is 1. The molecule has 0 atom stereocenters. The Bertz CT molecular complexity index is 726. The van der Waals surface area contributed by atoms with Crippen LogP contribution < -0.4 is 5.73 Å². The van der Waals surface area contributed by atoms with Crippen molar-refractivity contribution in [2.24, 2.45) is 0 Å². The largest absolute Gasteiger partial charge is 0.383 e. The van der Waals surface area contributed by atoms with Crippen LogP contribution in [0.2, 0.25) is 0 Å². The van der Waals surface area contributed by atoms with Gasteiger partial charge in [0, 0.05) is 4.90 Å². The molecule has 6 nitrogen and oxygen atoms in total. The number of aromatic nitrogens is 4. The average molecular weight is 291 g/mol. The highest BCUT2D eigenvalue weighted by molar-refractivity contribution is 7.98. The van der Waals surface area contributed by atoms with Gasteiger partial charge in [-0.1, -0.05) is 17.3 Å². The molecule has 0 amide bonds. The van der Waals surface area contributed by atoms with E-state index < -0.39 is 0 Å². The molecule has 0 unspecified atom stereocenters. The molecule has 0 saturated heterocycles. The van der Waals surface area contributed by atoms with Gasteiger partial charge in [0.15, 0.2) is 5.82 Å². The Balaban J connectivity index is 1.72. The van der Waals surface area contributed by atoms with Crippen LogP contribution in [-0.4, -0.2) is 20.3 Å². The number of benzene rings is 1. The van der Waals surface area contributed by atoms with Gasteiger partial charge in [0.05, 0.1) is 11.9 Å². The van der Waals surface area contributed by atoms with Gasteiger partial charge in [0.1, 0.15) is 17.2 Å². The Morgan fingerprint density at radius 3 is 2.95 bits per heavy atom. The highest BCUT2D eigenvalue weighted by Crippen LogP contribution is 2.26. The summed E-state index contributed by atoms with van der Waals surface area (Å²) in [6.07, 6.45) is 1.51. The summed E-state index contributed by atoms with van der Waals surface area (Å²) in [4.78, 5) is 4.74. The number of rotatable bonds is 4. The summed E-state index contributed by atoms with van der Waals surface area (Å²) in [5, 5.41) is 10.2. The Morgan fingerprint density at radius 1 is 1.35 bits per heavy atom. The van der Waals surface area contributed by atoms with E-state index >= 15 is 0 Å². The fourth-order valence-electron chi connectivity index (χ4n) is 1.59. The average Bonchev–Trinajstić information content (AvgIpc) is 3.06. The second-order valence-electron chi connectivity index (χ2n) is 3.93. The van der Waals surface area contributed by atoms with E-state index in [1.807, 2.05) is 0 Å². The number of nitrogens with zero attached hydrogens (tertiary/aromatic N) is 3. The third kappa shape index (κ3) is 2.50. The van der Waals surface area contributed by atoms with Crippen molar-refractivity contribution in [2.75, 3.05) is 5.73 Å². The van der Waals surface area contributed by atoms with E-state index in [0.717, 1.165) is 0 Å². The van der Waals surface area contributed by atoms with E-state index in [-0.39, 0.29) is 5.82 Å². The zero-order chi connectivity index (χ0) is 13.9. The molecule has 3 rings (SSSR count). The van der Waals surface area contributed by atoms with Crippen LogP contribution in [0.25, 0.3) is 11.5 Å². The van der Waals surface area contributed by atoms with Gasteiger partial charge in [-0.05, 0) is 12.1 Å². The fraction of sp³-hybridized carbons (Fsp3) is 0.0833. The molecule has 0 aliphatic carbocycles. The molecule has 0 aliphatic rings. The summed E-state index contributed by atoms with van der Waals surface area (Å²) < 4.78 is 18.6. The minimum absolute atomic E-state index is 0.264. The quantitative estimate of drug-likeness (QED) is 0.717. The maximum absolute atomic E-state index is 13.5. The number of nitrogens with two attached hydrogens (primary N) is 1. The minimum Gasteiger partial charge on any atom is -0.383 e. The van der Waals surface area contributed by atoms with E-state index in [9.17, 15) is 4.39 Å². The van der Waals surface area contributed by atoms with E-state index in [4.69, 9.17) is 10.3 Å². The summed E-state index contributed by atoms with van der Waals surface area (Å²) in [5.74, 6) is 1.26. The lowest BCUT2D eigenvalue weighted by atomic mass is 10.3. The van der Waals surface area contributed by atoms with E-state index in [0.29, 0.717) is 33.7 Å². The van der Waals surface area contributed by atoms with Crippen molar-refractivity contribution in [1.29, 1.82) is 0 Å². The van der Waals surface area contributed by atoms with Crippen LogP contribution in [0, 0.1) is 5.82 Å². The van der Waals surface area contributed by atoms with Crippen molar-refractivity contribution in [1.82, 2.24) is 20.3 Å². The van der Waals surface area contributed by atoms with Gasteiger partial charge in [-0.25, -0.2) is 4.39 Å². The van der Waals surface area contributed by atoms with Gasteiger partial charge in [0.2, 0.25) is 0 Å². The van der Waals surface area contributed by atoms with Crippen molar-refractivity contribution in [3.05, 3.63) is 42.1 Å². The number of anilines is 1. The van der Waals surface area contributed by atoms with Crippen LogP contribution in [0.15, 0.2) is 39.9 Å². The molecule has 0 radical (unpaired) electrons. The second kappa shape index (κ2) is 5.33. The number of halogens is 1. The molecule has 0 saturated carbocycles. The zero-order valence-electron chi connectivity index (χ0n) is 10.2. The van der Waals surface area contributed by atoms with Crippen LogP contribution >= 0.6 is 11.8 Å².